The van der Waals surface area contributed by atoms with Crippen molar-refractivity contribution in [3.05, 3.63) is 29.2 Å². The summed E-state index contributed by atoms with van der Waals surface area (Å²) in [6, 6.07) is 3.41. The molecular formula is C18H20ClFN6. The number of imidazole rings is 1. The first-order chi connectivity index (χ1) is 12.5. The maximum absolute atomic E-state index is 14.9. The average Bonchev–Trinajstić information content (AvgIpc) is 3.23. The topological polar surface area (TPSA) is 72.9 Å². The number of anilines is 2. The second kappa shape index (κ2) is 6.39. The third kappa shape index (κ3) is 2.76. The normalized spacial score (nSPS) is 14.7. The molecule has 0 radical (unpaired) electrons. The fraction of sp³-hybridized carbons (Fsp3) is 0.389. The van der Waals surface area contributed by atoms with Crippen LogP contribution in [-0.4, -0.2) is 32.6 Å². The third-order valence-corrected chi connectivity index (χ3v) is 4.95. The summed E-state index contributed by atoms with van der Waals surface area (Å²) in [7, 11) is 0. The molecule has 1 aliphatic rings. The van der Waals surface area contributed by atoms with E-state index in [0.29, 0.717) is 21.8 Å². The molecule has 2 N–H and O–H groups in total. The quantitative estimate of drug-likeness (QED) is 0.748. The van der Waals surface area contributed by atoms with Crippen LogP contribution < -0.4 is 10.6 Å². The minimum Gasteiger partial charge on any atom is -0.368 e. The Labute approximate surface area is 155 Å². The molecule has 1 aliphatic heterocycles. The summed E-state index contributed by atoms with van der Waals surface area (Å²) in [6.07, 6.45) is 3.69. The van der Waals surface area contributed by atoms with Crippen LogP contribution in [0.1, 0.15) is 32.7 Å². The van der Waals surface area contributed by atoms with Gasteiger partial charge in [0, 0.05) is 24.7 Å². The van der Waals surface area contributed by atoms with Gasteiger partial charge in [-0.3, -0.25) is 0 Å². The van der Waals surface area contributed by atoms with Gasteiger partial charge in [0.05, 0.1) is 22.4 Å². The van der Waals surface area contributed by atoms with E-state index in [4.69, 9.17) is 17.3 Å². The van der Waals surface area contributed by atoms with Crippen LogP contribution in [0.2, 0.25) is 5.02 Å². The van der Waals surface area contributed by atoms with E-state index in [2.05, 4.69) is 38.3 Å². The Balaban J connectivity index is 1.96. The van der Waals surface area contributed by atoms with Crippen LogP contribution in [0.4, 0.5) is 16.3 Å². The Kier molecular flexibility index (Phi) is 4.19. The highest BCUT2D eigenvalue weighted by atomic mass is 35.5. The zero-order chi connectivity index (χ0) is 18.4. The molecular weight excluding hydrogens is 355 g/mol. The lowest BCUT2D eigenvalue weighted by Crippen LogP contribution is -2.22. The zero-order valence-corrected chi connectivity index (χ0v) is 15.5. The van der Waals surface area contributed by atoms with Crippen LogP contribution in [-0.2, 0) is 0 Å². The number of halogens is 2. The summed E-state index contributed by atoms with van der Waals surface area (Å²) in [5.74, 6) is 0.516. The van der Waals surface area contributed by atoms with Crippen LogP contribution in [0.25, 0.3) is 22.3 Å². The molecule has 0 spiro atoms. The van der Waals surface area contributed by atoms with Crippen molar-refractivity contribution in [1.29, 1.82) is 0 Å². The first-order valence-electron chi connectivity index (χ1n) is 8.70. The summed E-state index contributed by atoms with van der Waals surface area (Å²) >= 11 is 6.21. The molecule has 8 heteroatoms. The fourth-order valence-electron chi connectivity index (χ4n) is 3.51. The Morgan fingerprint density at radius 2 is 1.92 bits per heavy atom. The minimum absolute atomic E-state index is 0.0972. The summed E-state index contributed by atoms with van der Waals surface area (Å²) in [5, 5.41) is 0.327. The molecule has 1 fully saturated rings. The summed E-state index contributed by atoms with van der Waals surface area (Å²) in [6.45, 7) is 6.03. The van der Waals surface area contributed by atoms with Gasteiger partial charge in [-0.15, -0.1) is 0 Å². The summed E-state index contributed by atoms with van der Waals surface area (Å²) < 4.78 is 17.0. The highest BCUT2D eigenvalue weighted by Gasteiger charge is 2.24. The SMILES string of the molecule is CC(C)n1c(N2CCCC2)nc2c(F)cc(-c3nc(N)ncc3Cl)cc21. The Morgan fingerprint density at radius 1 is 1.19 bits per heavy atom. The van der Waals surface area contributed by atoms with Crippen molar-refractivity contribution in [2.75, 3.05) is 23.7 Å². The first kappa shape index (κ1) is 17.0. The van der Waals surface area contributed by atoms with E-state index in [1.165, 1.54) is 12.3 Å². The van der Waals surface area contributed by atoms with Crippen LogP contribution in [0.5, 0.6) is 0 Å². The van der Waals surface area contributed by atoms with E-state index >= 15 is 0 Å². The highest BCUT2D eigenvalue weighted by Crippen LogP contribution is 2.34. The number of hydrogen-bond acceptors (Lipinski definition) is 5. The molecule has 0 bridgehead atoms. The van der Waals surface area contributed by atoms with Gasteiger partial charge >= 0.3 is 0 Å². The molecule has 0 unspecified atom stereocenters. The minimum atomic E-state index is -0.398. The molecule has 2 aromatic heterocycles. The van der Waals surface area contributed by atoms with Gasteiger partial charge in [0.25, 0.3) is 0 Å². The van der Waals surface area contributed by atoms with Gasteiger partial charge in [-0.2, -0.15) is 0 Å². The summed E-state index contributed by atoms with van der Waals surface area (Å²) in [4.78, 5) is 14.9. The Hall–Kier alpha value is -2.41. The van der Waals surface area contributed by atoms with Crippen molar-refractivity contribution in [3.8, 4) is 11.3 Å². The molecule has 136 valence electrons. The smallest absolute Gasteiger partial charge is 0.220 e. The standard InChI is InChI=1S/C18H20ClFN6/c1-10(2)26-14-8-11(15-12(19)9-22-17(21)23-15)7-13(20)16(14)24-18(26)25-5-3-4-6-25/h7-10H,3-6H2,1-2H3,(H2,21,22,23). The average molecular weight is 375 g/mol. The van der Waals surface area contributed by atoms with Crippen LogP contribution in [0, 0.1) is 5.82 Å². The van der Waals surface area contributed by atoms with Gasteiger partial charge in [0.15, 0.2) is 5.82 Å². The molecule has 1 aromatic carbocycles. The van der Waals surface area contributed by atoms with E-state index < -0.39 is 5.82 Å². The number of nitrogen functional groups attached to an aromatic ring is 1. The Morgan fingerprint density at radius 3 is 2.62 bits per heavy atom. The third-order valence-electron chi connectivity index (χ3n) is 4.67. The number of aromatic nitrogens is 4. The molecule has 4 rings (SSSR count). The number of nitrogens with zero attached hydrogens (tertiary/aromatic N) is 5. The van der Waals surface area contributed by atoms with E-state index in [-0.39, 0.29) is 12.0 Å². The zero-order valence-electron chi connectivity index (χ0n) is 14.7. The molecule has 0 amide bonds. The lowest BCUT2D eigenvalue weighted by molar-refractivity contribution is 0.609. The molecule has 3 aromatic rings. The van der Waals surface area contributed by atoms with Crippen LogP contribution >= 0.6 is 11.6 Å². The molecule has 0 aliphatic carbocycles. The van der Waals surface area contributed by atoms with Gasteiger partial charge in [0.2, 0.25) is 11.9 Å². The van der Waals surface area contributed by atoms with E-state index in [0.717, 1.165) is 37.4 Å². The number of fused-ring (bicyclic) bond motifs is 1. The maximum Gasteiger partial charge on any atom is 0.220 e. The first-order valence-corrected chi connectivity index (χ1v) is 9.08. The fourth-order valence-corrected chi connectivity index (χ4v) is 3.71. The highest BCUT2D eigenvalue weighted by molar-refractivity contribution is 6.33. The number of hydrogen-bond donors (Lipinski definition) is 1. The predicted molar refractivity (Wildman–Crippen MR) is 102 cm³/mol. The second-order valence-electron chi connectivity index (χ2n) is 6.82. The maximum atomic E-state index is 14.9. The molecule has 3 heterocycles. The largest absolute Gasteiger partial charge is 0.368 e. The van der Waals surface area contributed by atoms with E-state index in [1.54, 1.807) is 0 Å². The van der Waals surface area contributed by atoms with Crippen LogP contribution in [0.3, 0.4) is 0 Å². The lowest BCUT2D eigenvalue weighted by atomic mass is 10.1. The van der Waals surface area contributed by atoms with Crippen molar-refractivity contribution >= 4 is 34.5 Å². The van der Waals surface area contributed by atoms with Crippen molar-refractivity contribution in [2.24, 2.45) is 0 Å². The number of nitrogens with two attached hydrogens (primary N) is 1. The molecule has 26 heavy (non-hydrogen) atoms. The van der Waals surface area contributed by atoms with Crippen LogP contribution in [0.15, 0.2) is 18.3 Å². The molecule has 0 atom stereocenters. The number of benzene rings is 1. The van der Waals surface area contributed by atoms with Crippen molar-refractivity contribution in [3.63, 3.8) is 0 Å². The molecule has 0 saturated carbocycles. The van der Waals surface area contributed by atoms with Crippen molar-refractivity contribution < 1.29 is 4.39 Å². The summed E-state index contributed by atoms with van der Waals surface area (Å²) in [5.41, 5.74) is 7.75. The predicted octanol–water partition coefficient (Wildman–Crippen LogP) is 4.05. The van der Waals surface area contributed by atoms with Gasteiger partial charge in [-0.25, -0.2) is 19.3 Å². The number of rotatable bonds is 3. The van der Waals surface area contributed by atoms with E-state index in [1.807, 2.05) is 6.07 Å². The molecule has 6 nitrogen and oxygen atoms in total. The monoisotopic (exact) mass is 374 g/mol. The molecule has 1 saturated heterocycles. The Bertz CT molecular complexity index is 977. The van der Waals surface area contributed by atoms with Gasteiger partial charge in [0.1, 0.15) is 5.52 Å². The van der Waals surface area contributed by atoms with Gasteiger partial charge < -0.3 is 15.2 Å². The second-order valence-corrected chi connectivity index (χ2v) is 7.23. The van der Waals surface area contributed by atoms with Gasteiger partial charge in [-0.1, -0.05) is 11.6 Å². The van der Waals surface area contributed by atoms with Gasteiger partial charge in [-0.05, 0) is 38.8 Å². The lowest BCUT2D eigenvalue weighted by Gasteiger charge is -2.21. The van der Waals surface area contributed by atoms with E-state index in [9.17, 15) is 4.39 Å². The van der Waals surface area contributed by atoms with Crippen molar-refractivity contribution in [2.45, 2.75) is 32.7 Å². The van der Waals surface area contributed by atoms with Crippen molar-refractivity contribution in [1.82, 2.24) is 19.5 Å².